The topological polar surface area (TPSA) is 0 Å². The summed E-state index contributed by atoms with van der Waals surface area (Å²) in [6, 6.07) is 3.00. The van der Waals surface area contributed by atoms with E-state index in [4.69, 9.17) is 0 Å². The predicted octanol–water partition coefficient (Wildman–Crippen LogP) is 7.68. The largest absolute Gasteiger partial charge is 0.216 e. The van der Waals surface area contributed by atoms with Crippen LogP contribution in [0, 0.1) is 41.2 Å². The van der Waals surface area contributed by atoms with Crippen molar-refractivity contribution in [1.29, 1.82) is 0 Å². The highest BCUT2D eigenvalue weighted by Gasteiger charge is 2.24. The van der Waals surface area contributed by atoms with Crippen LogP contribution in [-0.2, 0) is 0 Å². The van der Waals surface area contributed by atoms with Gasteiger partial charge in [0.1, 0.15) is 11.6 Å². The van der Waals surface area contributed by atoms with E-state index < -0.39 is 11.6 Å². The molecule has 0 atom stereocenters. The van der Waals surface area contributed by atoms with Crippen molar-refractivity contribution in [3.05, 3.63) is 47.3 Å². The number of hydrogen-bond donors (Lipinski definition) is 0. The molecular weight excluding hydrogens is 357 g/mol. The molecule has 3 rings (SSSR count). The second-order valence-corrected chi connectivity index (χ2v) is 8.57. The van der Waals surface area contributed by atoms with E-state index in [0.29, 0.717) is 6.33 Å². The second-order valence-electron chi connectivity index (χ2n) is 8.57. The Bertz CT molecular complexity index is 701. The molecule has 0 heterocycles. The Morgan fingerprint density at radius 3 is 2.18 bits per heavy atom. The fourth-order valence-corrected chi connectivity index (χ4v) is 4.87. The van der Waals surface area contributed by atoms with Crippen molar-refractivity contribution in [1.82, 2.24) is 0 Å². The lowest BCUT2D eigenvalue weighted by molar-refractivity contribution is 0.307. The average molecular weight is 389 g/mol. The van der Waals surface area contributed by atoms with Crippen LogP contribution in [0.2, 0.25) is 0 Å². The summed E-state index contributed by atoms with van der Waals surface area (Å²) in [5.41, 5.74) is 0.684. The minimum atomic E-state index is -0.535. The summed E-state index contributed by atoms with van der Waals surface area (Å²) in [4.78, 5) is 0. The quantitative estimate of drug-likeness (QED) is 0.464. The highest BCUT2D eigenvalue weighted by atomic mass is 19.1. The standard InChI is InChI=1S/C25H31F3/c1-2-3-18-8-11-21(12-9-18)22-16-24(27)23(25(28)17-22)13-10-19-4-6-20(7-5-19)14-15-26/h14-21H,2-9,11-12H2,1H3/b15-14+. The summed E-state index contributed by atoms with van der Waals surface area (Å²) in [5, 5.41) is 0. The molecule has 0 saturated heterocycles. The molecule has 1 aromatic rings. The minimum Gasteiger partial charge on any atom is -0.216 e. The SMILES string of the molecule is CCCC1CCC(c2cc(F)c(C#CC3CCC(/C=C/F)CC3)c(F)c2)CC1. The van der Waals surface area contributed by atoms with Crippen molar-refractivity contribution in [3.63, 3.8) is 0 Å². The van der Waals surface area contributed by atoms with Crippen molar-refractivity contribution in [2.75, 3.05) is 0 Å². The molecule has 0 spiro atoms. The van der Waals surface area contributed by atoms with Crippen molar-refractivity contribution < 1.29 is 13.2 Å². The zero-order valence-electron chi connectivity index (χ0n) is 16.8. The van der Waals surface area contributed by atoms with Crippen molar-refractivity contribution >= 4 is 0 Å². The highest BCUT2D eigenvalue weighted by Crippen LogP contribution is 2.38. The summed E-state index contributed by atoms with van der Waals surface area (Å²) in [7, 11) is 0. The first-order valence-electron chi connectivity index (χ1n) is 10.9. The summed E-state index contributed by atoms with van der Waals surface area (Å²) in [6.45, 7) is 2.21. The maximum absolute atomic E-state index is 14.6. The second kappa shape index (κ2) is 10.2. The minimum absolute atomic E-state index is 0.103. The van der Waals surface area contributed by atoms with Gasteiger partial charge in [-0.15, -0.1) is 0 Å². The molecule has 0 nitrogen and oxygen atoms in total. The van der Waals surface area contributed by atoms with E-state index in [1.54, 1.807) is 6.08 Å². The highest BCUT2D eigenvalue weighted by molar-refractivity contribution is 5.40. The zero-order chi connectivity index (χ0) is 19.9. The van der Waals surface area contributed by atoms with Gasteiger partial charge in [0, 0.05) is 5.92 Å². The molecule has 0 amide bonds. The van der Waals surface area contributed by atoms with Gasteiger partial charge in [-0.25, -0.2) is 13.2 Å². The van der Waals surface area contributed by atoms with Crippen LogP contribution >= 0.6 is 0 Å². The van der Waals surface area contributed by atoms with Gasteiger partial charge < -0.3 is 0 Å². The van der Waals surface area contributed by atoms with E-state index in [9.17, 15) is 13.2 Å². The Morgan fingerprint density at radius 1 is 0.964 bits per heavy atom. The summed E-state index contributed by atoms with van der Waals surface area (Å²) >= 11 is 0. The molecule has 152 valence electrons. The smallest absolute Gasteiger partial charge is 0.142 e. The lowest BCUT2D eigenvalue weighted by Gasteiger charge is -2.28. The number of halogens is 3. The zero-order valence-corrected chi connectivity index (χ0v) is 16.8. The van der Waals surface area contributed by atoms with Crippen molar-refractivity contribution in [3.8, 4) is 11.8 Å². The first kappa shape index (κ1) is 21.0. The molecule has 28 heavy (non-hydrogen) atoms. The third kappa shape index (κ3) is 5.43. The molecule has 1 aromatic carbocycles. The Labute approximate surface area is 167 Å². The van der Waals surface area contributed by atoms with Gasteiger partial charge in [0.25, 0.3) is 0 Å². The van der Waals surface area contributed by atoms with Gasteiger partial charge in [-0.3, -0.25) is 0 Å². The van der Waals surface area contributed by atoms with Gasteiger partial charge in [0.2, 0.25) is 0 Å². The first-order chi connectivity index (χ1) is 13.6. The third-order valence-corrected chi connectivity index (χ3v) is 6.60. The van der Waals surface area contributed by atoms with Crippen LogP contribution in [0.25, 0.3) is 0 Å². The fraction of sp³-hybridized carbons (Fsp3) is 0.600. The van der Waals surface area contributed by atoms with Crippen LogP contribution in [0.15, 0.2) is 24.5 Å². The fourth-order valence-electron chi connectivity index (χ4n) is 4.87. The lowest BCUT2D eigenvalue weighted by Crippen LogP contribution is -2.14. The molecule has 0 aliphatic heterocycles. The van der Waals surface area contributed by atoms with E-state index >= 15 is 0 Å². The van der Waals surface area contributed by atoms with Crippen LogP contribution in [0.4, 0.5) is 13.2 Å². The van der Waals surface area contributed by atoms with E-state index in [1.807, 2.05) is 0 Å². The Kier molecular flexibility index (Phi) is 7.65. The van der Waals surface area contributed by atoms with Gasteiger partial charge >= 0.3 is 0 Å². The molecule has 3 heteroatoms. The molecule has 0 bridgehead atoms. The summed E-state index contributed by atoms with van der Waals surface area (Å²) in [6.07, 6.45) is 12.5. The van der Waals surface area contributed by atoms with Crippen LogP contribution in [0.5, 0.6) is 0 Å². The third-order valence-electron chi connectivity index (χ3n) is 6.60. The summed E-state index contributed by atoms with van der Waals surface area (Å²) < 4.78 is 41.4. The predicted molar refractivity (Wildman–Crippen MR) is 109 cm³/mol. The average Bonchev–Trinajstić information content (AvgIpc) is 2.69. The van der Waals surface area contributed by atoms with E-state index in [0.717, 1.165) is 62.8 Å². The first-order valence-corrected chi connectivity index (χ1v) is 10.9. The molecule has 0 aromatic heterocycles. The molecule has 0 N–H and O–H groups in total. The van der Waals surface area contributed by atoms with Crippen LogP contribution in [0.1, 0.15) is 88.2 Å². The van der Waals surface area contributed by atoms with E-state index in [1.165, 1.54) is 25.0 Å². The normalized spacial score (nSPS) is 28.1. The van der Waals surface area contributed by atoms with Crippen LogP contribution < -0.4 is 0 Å². The van der Waals surface area contributed by atoms with Crippen molar-refractivity contribution in [2.24, 2.45) is 17.8 Å². The number of benzene rings is 1. The maximum Gasteiger partial charge on any atom is 0.142 e. The van der Waals surface area contributed by atoms with E-state index in [-0.39, 0.29) is 23.3 Å². The molecule has 2 fully saturated rings. The molecule has 2 aliphatic rings. The van der Waals surface area contributed by atoms with Crippen molar-refractivity contribution in [2.45, 2.75) is 77.0 Å². The van der Waals surface area contributed by atoms with E-state index in [2.05, 4.69) is 18.8 Å². The van der Waals surface area contributed by atoms with Gasteiger partial charge in [-0.1, -0.05) is 37.7 Å². The monoisotopic (exact) mass is 388 g/mol. The number of hydrogen-bond acceptors (Lipinski definition) is 0. The molecule has 0 unspecified atom stereocenters. The maximum atomic E-state index is 14.6. The summed E-state index contributed by atoms with van der Waals surface area (Å²) in [5.74, 6) is 6.18. The molecule has 2 saturated carbocycles. The van der Waals surface area contributed by atoms with Gasteiger partial charge in [0.15, 0.2) is 0 Å². The lowest BCUT2D eigenvalue weighted by atomic mass is 9.77. The van der Waals surface area contributed by atoms with Gasteiger partial charge in [0.05, 0.1) is 11.9 Å². The Morgan fingerprint density at radius 2 is 1.61 bits per heavy atom. The van der Waals surface area contributed by atoms with Crippen LogP contribution in [-0.4, -0.2) is 0 Å². The van der Waals surface area contributed by atoms with Gasteiger partial charge in [-0.05, 0) is 86.8 Å². The van der Waals surface area contributed by atoms with Gasteiger partial charge in [-0.2, -0.15) is 0 Å². The molecular formula is C25H31F3. The molecule has 2 aliphatic carbocycles. The number of rotatable bonds is 4. The Balaban J connectivity index is 1.64. The van der Waals surface area contributed by atoms with Crippen LogP contribution in [0.3, 0.4) is 0 Å². The molecule has 0 radical (unpaired) electrons. The number of allylic oxidation sites excluding steroid dienone is 1. The Hall–Kier alpha value is -1.69.